The van der Waals surface area contributed by atoms with Crippen LogP contribution in [-0.4, -0.2) is 24.0 Å². The molecule has 1 unspecified atom stereocenters. The maximum absolute atomic E-state index is 12.5. The average molecular weight is 247 g/mol. The van der Waals surface area contributed by atoms with E-state index in [1.165, 1.54) is 0 Å². The first-order valence-electron chi connectivity index (χ1n) is 6.62. The predicted molar refractivity (Wildman–Crippen MR) is 72.4 cm³/mol. The molecule has 2 N–H and O–H groups in total. The topological polar surface area (TPSA) is 54.0 Å². The molecule has 4 heteroatoms. The highest BCUT2D eigenvalue weighted by molar-refractivity contribution is 5.96. The summed E-state index contributed by atoms with van der Waals surface area (Å²) in [6.07, 6.45) is 4.63. The number of amides is 1. The standard InChI is InChI=1S/C14H21N3O/c1-3-6-14(7-9-15-10-14)13(18)17-12-5-4-8-16-11(12)2/h4-5,8,15H,3,6-7,9-10H2,1-2H3,(H,17,18). The molecule has 0 radical (unpaired) electrons. The smallest absolute Gasteiger partial charge is 0.231 e. The van der Waals surface area contributed by atoms with E-state index in [9.17, 15) is 4.79 Å². The summed E-state index contributed by atoms with van der Waals surface area (Å²) < 4.78 is 0. The molecule has 1 aromatic heterocycles. The highest BCUT2D eigenvalue weighted by atomic mass is 16.2. The zero-order valence-electron chi connectivity index (χ0n) is 11.1. The molecule has 18 heavy (non-hydrogen) atoms. The van der Waals surface area contributed by atoms with Gasteiger partial charge in [0, 0.05) is 12.7 Å². The third-order valence-corrected chi connectivity index (χ3v) is 3.71. The number of nitrogens with one attached hydrogen (secondary N) is 2. The van der Waals surface area contributed by atoms with Crippen molar-refractivity contribution in [2.24, 2.45) is 5.41 Å². The Kier molecular flexibility index (Phi) is 3.97. The van der Waals surface area contributed by atoms with E-state index in [4.69, 9.17) is 0 Å². The minimum atomic E-state index is -0.239. The minimum absolute atomic E-state index is 0.130. The van der Waals surface area contributed by atoms with Crippen LogP contribution in [0.5, 0.6) is 0 Å². The molecular formula is C14H21N3O. The predicted octanol–water partition coefficient (Wildman–Crippen LogP) is 2.11. The van der Waals surface area contributed by atoms with Gasteiger partial charge in [0.15, 0.2) is 0 Å². The zero-order valence-corrected chi connectivity index (χ0v) is 11.1. The third kappa shape index (κ3) is 2.53. The molecule has 4 nitrogen and oxygen atoms in total. The van der Waals surface area contributed by atoms with E-state index in [2.05, 4.69) is 22.5 Å². The second kappa shape index (κ2) is 5.48. The Morgan fingerprint density at radius 1 is 1.61 bits per heavy atom. The molecule has 1 saturated heterocycles. The summed E-state index contributed by atoms with van der Waals surface area (Å²) in [5.41, 5.74) is 1.45. The Balaban J connectivity index is 2.13. The average Bonchev–Trinajstić information content (AvgIpc) is 2.82. The van der Waals surface area contributed by atoms with Crippen molar-refractivity contribution in [3.05, 3.63) is 24.0 Å². The van der Waals surface area contributed by atoms with Crippen LogP contribution >= 0.6 is 0 Å². The number of carbonyl (C=O) groups excluding carboxylic acids is 1. The van der Waals surface area contributed by atoms with Crippen molar-refractivity contribution >= 4 is 11.6 Å². The van der Waals surface area contributed by atoms with Crippen LogP contribution in [0.2, 0.25) is 0 Å². The van der Waals surface area contributed by atoms with Crippen molar-refractivity contribution < 1.29 is 4.79 Å². The van der Waals surface area contributed by atoms with Gasteiger partial charge in [0.1, 0.15) is 0 Å². The van der Waals surface area contributed by atoms with Crippen LogP contribution in [0.1, 0.15) is 31.9 Å². The number of anilines is 1. The van der Waals surface area contributed by atoms with Gasteiger partial charge in [-0.25, -0.2) is 0 Å². The Hall–Kier alpha value is -1.42. The van der Waals surface area contributed by atoms with Crippen LogP contribution in [0, 0.1) is 12.3 Å². The molecule has 98 valence electrons. The highest BCUT2D eigenvalue weighted by Crippen LogP contribution is 2.32. The molecule has 0 bridgehead atoms. The van der Waals surface area contributed by atoms with Gasteiger partial charge in [-0.2, -0.15) is 0 Å². The van der Waals surface area contributed by atoms with Gasteiger partial charge in [-0.1, -0.05) is 13.3 Å². The number of hydrogen-bond acceptors (Lipinski definition) is 3. The van der Waals surface area contributed by atoms with E-state index in [-0.39, 0.29) is 11.3 Å². The van der Waals surface area contributed by atoms with Gasteiger partial charge in [0.25, 0.3) is 0 Å². The number of pyridine rings is 1. The largest absolute Gasteiger partial charge is 0.324 e. The number of nitrogens with zero attached hydrogens (tertiary/aromatic N) is 1. The van der Waals surface area contributed by atoms with Crippen molar-refractivity contribution in [1.82, 2.24) is 10.3 Å². The quantitative estimate of drug-likeness (QED) is 0.856. The molecule has 1 aliphatic rings. The molecule has 2 heterocycles. The summed E-state index contributed by atoms with van der Waals surface area (Å²) in [5, 5.41) is 6.34. The summed E-state index contributed by atoms with van der Waals surface area (Å²) in [5.74, 6) is 0.130. The molecule has 0 saturated carbocycles. The van der Waals surface area contributed by atoms with E-state index in [1.54, 1.807) is 6.20 Å². The van der Waals surface area contributed by atoms with Crippen LogP contribution in [0.15, 0.2) is 18.3 Å². The molecule has 0 aliphatic carbocycles. The first-order valence-corrected chi connectivity index (χ1v) is 6.62. The second-order valence-corrected chi connectivity index (χ2v) is 5.05. The molecule has 1 atom stereocenters. The monoisotopic (exact) mass is 247 g/mol. The first kappa shape index (κ1) is 13.0. The summed E-state index contributed by atoms with van der Waals surface area (Å²) in [6, 6.07) is 3.75. The molecule has 1 amide bonds. The van der Waals surface area contributed by atoms with Gasteiger partial charge in [0.05, 0.1) is 16.8 Å². The van der Waals surface area contributed by atoms with Crippen molar-refractivity contribution in [3.8, 4) is 0 Å². The van der Waals surface area contributed by atoms with Gasteiger partial charge in [-0.05, 0) is 38.4 Å². The minimum Gasteiger partial charge on any atom is -0.324 e. The summed E-state index contributed by atoms with van der Waals surface area (Å²) in [6.45, 7) is 5.75. The maximum atomic E-state index is 12.5. The van der Waals surface area contributed by atoms with Gasteiger partial charge in [-0.15, -0.1) is 0 Å². The Bertz CT molecular complexity index is 425. The number of aromatic nitrogens is 1. The molecule has 1 fully saturated rings. The van der Waals surface area contributed by atoms with E-state index in [1.807, 2.05) is 19.1 Å². The second-order valence-electron chi connectivity index (χ2n) is 5.05. The number of hydrogen-bond donors (Lipinski definition) is 2. The SMILES string of the molecule is CCCC1(C(=O)Nc2cccnc2C)CCNC1. The summed E-state index contributed by atoms with van der Waals surface area (Å²) in [7, 11) is 0. The number of carbonyl (C=O) groups is 1. The lowest BCUT2D eigenvalue weighted by Crippen LogP contribution is -2.38. The van der Waals surface area contributed by atoms with E-state index < -0.39 is 0 Å². The Morgan fingerprint density at radius 2 is 2.44 bits per heavy atom. The van der Waals surface area contributed by atoms with Crippen LogP contribution in [0.3, 0.4) is 0 Å². The number of rotatable bonds is 4. The van der Waals surface area contributed by atoms with Crippen LogP contribution < -0.4 is 10.6 Å². The summed E-state index contributed by atoms with van der Waals surface area (Å²) in [4.78, 5) is 16.7. The maximum Gasteiger partial charge on any atom is 0.231 e. The highest BCUT2D eigenvalue weighted by Gasteiger charge is 2.40. The lowest BCUT2D eigenvalue weighted by molar-refractivity contribution is -0.125. The molecule has 0 spiro atoms. The van der Waals surface area contributed by atoms with Crippen LogP contribution in [0.25, 0.3) is 0 Å². The van der Waals surface area contributed by atoms with Crippen molar-refractivity contribution in [2.45, 2.75) is 33.1 Å². The Labute approximate surface area is 108 Å². The molecule has 0 aromatic carbocycles. The number of aryl methyl sites for hydroxylation is 1. The normalized spacial score (nSPS) is 23.0. The summed E-state index contributed by atoms with van der Waals surface area (Å²) >= 11 is 0. The Morgan fingerprint density at radius 3 is 3.06 bits per heavy atom. The van der Waals surface area contributed by atoms with Gasteiger partial charge < -0.3 is 10.6 Å². The fourth-order valence-corrected chi connectivity index (χ4v) is 2.61. The molecule has 1 aromatic rings. The lowest BCUT2D eigenvalue weighted by atomic mass is 9.81. The van der Waals surface area contributed by atoms with Crippen molar-refractivity contribution in [1.29, 1.82) is 0 Å². The first-order chi connectivity index (χ1) is 8.68. The van der Waals surface area contributed by atoms with Crippen LogP contribution in [0.4, 0.5) is 5.69 Å². The van der Waals surface area contributed by atoms with Crippen molar-refractivity contribution in [3.63, 3.8) is 0 Å². The molecule has 1 aliphatic heterocycles. The van der Waals surface area contributed by atoms with Gasteiger partial charge >= 0.3 is 0 Å². The molecular weight excluding hydrogens is 226 g/mol. The van der Waals surface area contributed by atoms with Crippen LogP contribution in [-0.2, 0) is 4.79 Å². The fourth-order valence-electron chi connectivity index (χ4n) is 2.61. The van der Waals surface area contributed by atoms with E-state index in [0.29, 0.717) is 0 Å². The van der Waals surface area contributed by atoms with Gasteiger partial charge in [-0.3, -0.25) is 9.78 Å². The zero-order chi connectivity index (χ0) is 13.0. The third-order valence-electron chi connectivity index (χ3n) is 3.71. The lowest BCUT2D eigenvalue weighted by Gasteiger charge is -2.26. The van der Waals surface area contributed by atoms with E-state index >= 15 is 0 Å². The van der Waals surface area contributed by atoms with E-state index in [0.717, 1.165) is 43.7 Å². The van der Waals surface area contributed by atoms with Crippen molar-refractivity contribution in [2.75, 3.05) is 18.4 Å². The van der Waals surface area contributed by atoms with Gasteiger partial charge in [0.2, 0.25) is 5.91 Å². The molecule has 2 rings (SSSR count). The fraction of sp³-hybridized carbons (Fsp3) is 0.571.